The highest BCUT2D eigenvalue weighted by Gasteiger charge is 1.98. The van der Waals surface area contributed by atoms with E-state index in [4.69, 9.17) is 4.74 Å². The maximum atomic E-state index is 5.58. The van der Waals surface area contributed by atoms with Crippen LogP contribution in [-0.4, -0.2) is 23.1 Å². The molecule has 0 bridgehead atoms. The summed E-state index contributed by atoms with van der Waals surface area (Å²) >= 11 is 0. The largest absolute Gasteiger partial charge is 0.478 e. The molecule has 0 aliphatic carbocycles. The van der Waals surface area contributed by atoms with E-state index in [1.54, 1.807) is 6.33 Å². The molecule has 0 aliphatic rings. The van der Waals surface area contributed by atoms with Crippen LogP contribution >= 0.6 is 0 Å². The van der Waals surface area contributed by atoms with Gasteiger partial charge in [-0.2, -0.15) is 0 Å². The highest BCUT2D eigenvalue weighted by molar-refractivity contribution is 5.36. The Hall–Kier alpha value is -1.32. The summed E-state index contributed by atoms with van der Waals surface area (Å²) in [4.78, 5) is 8.22. The second kappa shape index (κ2) is 8.79. The lowest BCUT2D eigenvalue weighted by Crippen LogP contribution is -2.04. The fraction of sp³-hybridized carbons (Fsp3) is 0.692. The van der Waals surface area contributed by atoms with Gasteiger partial charge in [0.25, 0.3) is 0 Å². The molecule has 4 nitrogen and oxygen atoms in total. The number of nitrogens with zero attached hydrogens (tertiary/aromatic N) is 2. The minimum absolute atomic E-state index is 0.662. The molecule has 1 N–H and O–H groups in total. The Balaban J connectivity index is 2.27. The molecule has 1 rings (SSSR count). The van der Waals surface area contributed by atoms with Crippen molar-refractivity contribution in [1.82, 2.24) is 9.97 Å². The number of hydrogen-bond donors (Lipinski definition) is 1. The zero-order valence-corrected chi connectivity index (χ0v) is 10.9. The number of anilines is 1. The van der Waals surface area contributed by atoms with Crippen molar-refractivity contribution >= 4 is 5.82 Å². The van der Waals surface area contributed by atoms with Gasteiger partial charge in [-0.1, -0.05) is 33.1 Å². The number of unbranched alkanes of at least 4 members (excludes halogenated alkanes) is 3. The predicted octanol–water partition coefficient (Wildman–Crippen LogP) is 3.26. The monoisotopic (exact) mass is 237 g/mol. The zero-order valence-electron chi connectivity index (χ0n) is 10.9. The molecule has 0 amide bonds. The number of ether oxygens (including phenoxy) is 1. The van der Waals surface area contributed by atoms with E-state index < -0.39 is 0 Å². The number of aromatic nitrogens is 2. The summed E-state index contributed by atoms with van der Waals surface area (Å²) in [5.74, 6) is 1.50. The van der Waals surface area contributed by atoms with Crippen molar-refractivity contribution in [3.05, 3.63) is 12.4 Å². The molecule has 0 unspecified atom stereocenters. The lowest BCUT2D eigenvalue weighted by Gasteiger charge is -2.07. The molecule has 4 heteroatoms. The topological polar surface area (TPSA) is 47.0 Å². The van der Waals surface area contributed by atoms with Crippen LogP contribution < -0.4 is 10.1 Å². The molecule has 0 radical (unpaired) electrons. The quantitative estimate of drug-likeness (QED) is 0.670. The van der Waals surface area contributed by atoms with Crippen LogP contribution in [-0.2, 0) is 0 Å². The number of nitrogens with one attached hydrogen (secondary N) is 1. The summed E-state index contributed by atoms with van der Waals surface area (Å²) in [6.45, 7) is 5.99. The van der Waals surface area contributed by atoms with Gasteiger partial charge in [0.2, 0.25) is 5.88 Å². The van der Waals surface area contributed by atoms with Crippen molar-refractivity contribution in [2.45, 2.75) is 46.0 Å². The van der Waals surface area contributed by atoms with E-state index in [0.29, 0.717) is 5.88 Å². The maximum Gasteiger partial charge on any atom is 0.218 e. The first-order valence-electron chi connectivity index (χ1n) is 6.55. The van der Waals surface area contributed by atoms with Gasteiger partial charge in [-0.25, -0.2) is 9.97 Å². The van der Waals surface area contributed by atoms with Crippen molar-refractivity contribution in [2.75, 3.05) is 18.5 Å². The Labute approximate surface area is 104 Å². The first-order valence-corrected chi connectivity index (χ1v) is 6.55. The van der Waals surface area contributed by atoms with Gasteiger partial charge in [-0.15, -0.1) is 0 Å². The van der Waals surface area contributed by atoms with E-state index in [1.807, 2.05) is 6.07 Å². The van der Waals surface area contributed by atoms with Crippen molar-refractivity contribution < 1.29 is 4.74 Å². The second-order valence-electron chi connectivity index (χ2n) is 4.08. The molecule has 0 aliphatic heterocycles. The molecule has 0 fully saturated rings. The average Bonchev–Trinajstić information content (AvgIpc) is 2.37. The van der Waals surface area contributed by atoms with Gasteiger partial charge in [0.1, 0.15) is 12.1 Å². The summed E-state index contributed by atoms with van der Waals surface area (Å²) in [5.41, 5.74) is 0. The van der Waals surface area contributed by atoms with Crippen LogP contribution in [0.3, 0.4) is 0 Å². The molecule has 0 saturated carbocycles. The fourth-order valence-electron chi connectivity index (χ4n) is 1.47. The van der Waals surface area contributed by atoms with Gasteiger partial charge in [0.15, 0.2) is 0 Å². The average molecular weight is 237 g/mol. The normalized spacial score (nSPS) is 10.2. The second-order valence-corrected chi connectivity index (χ2v) is 4.08. The molecule has 0 atom stereocenters. The molecule has 0 aromatic carbocycles. The van der Waals surface area contributed by atoms with E-state index in [9.17, 15) is 0 Å². The Kier molecular flexibility index (Phi) is 7.11. The van der Waals surface area contributed by atoms with E-state index in [0.717, 1.165) is 31.8 Å². The minimum Gasteiger partial charge on any atom is -0.478 e. The van der Waals surface area contributed by atoms with Crippen LogP contribution in [0.2, 0.25) is 0 Å². The lowest BCUT2D eigenvalue weighted by atomic mass is 10.2. The van der Waals surface area contributed by atoms with Crippen LogP contribution in [0.4, 0.5) is 5.82 Å². The SMILES string of the molecule is CCCCCCOc1cc(NCCC)ncn1. The molecule has 0 spiro atoms. The lowest BCUT2D eigenvalue weighted by molar-refractivity contribution is 0.293. The standard InChI is InChI=1S/C13H23N3O/c1-3-5-6-7-9-17-13-10-12(14-8-4-2)15-11-16-13/h10-11H,3-9H2,1-2H3,(H,14,15,16). The van der Waals surface area contributed by atoms with Crippen LogP contribution in [0.1, 0.15) is 46.0 Å². The van der Waals surface area contributed by atoms with Crippen molar-refractivity contribution in [1.29, 1.82) is 0 Å². The summed E-state index contributed by atoms with van der Waals surface area (Å²) in [7, 11) is 0. The minimum atomic E-state index is 0.662. The molecule has 1 aromatic heterocycles. The summed E-state index contributed by atoms with van der Waals surface area (Å²) in [6.07, 6.45) is 7.46. The predicted molar refractivity (Wildman–Crippen MR) is 70.4 cm³/mol. The van der Waals surface area contributed by atoms with Gasteiger partial charge in [0.05, 0.1) is 6.61 Å². The number of rotatable bonds is 9. The Bertz CT molecular complexity index is 304. The van der Waals surface area contributed by atoms with Gasteiger partial charge < -0.3 is 10.1 Å². The third kappa shape index (κ3) is 6.09. The Morgan fingerprint density at radius 3 is 2.76 bits per heavy atom. The van der Waals surface area contributed by atoms with E-state index in [2.05, 4.69) is 29.1 Å². The zero-order chi connectivity index (χ0) is 12.3. The highest BCUT2D eigenvalue weighted by atomic mass is 16.5. The van der Waals surface area contributed by atoms with Gasteiger partial charge in [0, 0.05) is 12.6 Å². The molecular formula is C13H23N3O. The van der Waals surface area contributed by atoms with E-state index >= 15 is 0 Å². The molecule has 17 heavy (non-hydrogen) atoms. The van der Waals surface area contributed by atoms with Crippen molar-refractivity contribution in [2.24, 2.45) is 0 Å². The molecule has 1 heterocycles. The molecular weight excluding hydrogens is 214 g/mol. The first kappa shape index (κ1) is 13.7. The summed E-state index contributed by atoms with van der Waals surface area (Å²) in [5, 5.41) is 3.21. The van der Waals surface area contributed by atoms with Gasteiger partial charge in [-0.05, 0) is 12.8 Å². The van der Waals surface area contributed by atoms with Crippen LogP contribution in [0.5, 0.6) is 5.88 Å². The Morgan fingerprint density at radius 1 is 1.12 bits per heavy atom. The molecule has 1 aromatic rings. The summed E-state index contributed by atoms with van der Waals surface area (Å²) in [6, 6.07) is 1.86. The summed E-state index contributed by atoms with van der Waals surface area (Å²) < 4.78 is 5.58. The van der Waals surface area contributed by atoms with Gasteiger partial charge >= 0.3 is 0 Å². The van der Waals surface area contributed by atoms with Gasteiger partial charge in [-0.3, -0.25) is 0 Å². The van der Waals surface area contributed by atoms with Crippen molar-refractivity contribution in [3.63, 3.8) is 0 Å². The van der Waals surface area contributed by atoms with E-state index in [-0.39, 0.29) is 0 Å². The maximum absolute atomic E-state index is 5.58. The third-order valence-corrected chi connectivity index (χ3v) is 2.45. The smallest absolute Gasteiger partial charge is 0.218 e. The fourth-order valence-corrected chi connectivity index (χ4v) is 1.47. The third-order valence-electron chi connectivity index (χ3n) is 2.45. The van der Waals surface area contributed by atoms with Crippen molar-refractivity contribution in [3.8, 4) is 5.88 Å². The van der Waals surface area contributed by atoms with E-state index in [1.165, 1.54) is 19.3 Å². The van der Waals surface area contributed by atoms with Crippen LogP contribution in [0.15, 0.2) is 12.4 Å². The first-order chi connectivity index (χ1) is 8.36. The molecule has 96 valence electrons. The van der Waals surface area contributed by atoms with Crippen LogP contribution in [0.25, 0.3) is 0 Å². The highest BCUT2D eigenvalue weighted by Crippen LogP contribution is 2.11. The number of hydrogen-bond acceptors (Lipinski definition) is 4. The Morgan fingerprint density at radius 2 is 2.00 bits per heavy atom. The molecule has 0 saturated heterocycles. The van der Waals surface area contributed by atoms with Crippen LogP contribution in [0, 0.1) is 0 Å².